The van der Waals surface area contributed by atoms with Crippen LogP contribution >= 0.6 is 0 Å². The Labute approximate surface area is 62.0 Å². The third-order valence-electron chi connectivity index (χ3n) is 1.27. The van der Waals surface area contributed by atoms with Crippen molar-refractivity contribution < 1.29 is 13.9 Å². The zero-order chi connectivity index (χ0) is 8.43. The molecule has 0 aliphatic rings. The topological polar surface area (TPSA) is 47.0 Å². The van der Waals surface area contributed by atoms with Crippen molar-refractivity contribution in [2.24, 2.45) is 7.05 Å². The molecule has 0 saturated heterocycles. The Hall–Kier alpha value is -1.52. The molecule has 0 N–H and O–H groups in total. The van der Waals surface area contributed by atoms with Gasteiger partial charge in [-0.05, 0) is 0 Å². The van der Waals surface area contributed by atoms with Crippen LogP contribution in [0.5, 0.6) is 0 Å². The zero-order valence-corrected chi connectivity index (χ0v) is 5.82. The number of hydrogen-bond acceptors (Lipinski definition) is 2. The summed E-state index contributed by atoms with van der Waals surface area (Å²) in [6.45, 7) is 0. The molecule has 1 rings (SSSR count). The van der Waals surface area contributed by atoms with E-state index in [4.69, 9.17) is 0 Å². The Bertz CT molecular complexity index is 301. The number of rotatable bonds is 1. The minimum atomic E-state index is -0.570. The number of hydrogen-bond donors (Lipinski definition) is 0. The van der Waals surface area contributed by atoms with E-state index in [9.17, 15) is 14.5 Å². The first-order valence-electron chi connectivity index (χ1n) is 2.91. The summed E-state index contributed by atoms with van der Waals surface area (Å²) in [4.78, 5) is 9.56. The highest BCUT2D eigenvalue weighted by molar-refractivity contribution is 5.21. The van der Waals surface area contributed by atoms with Gasteiger partial charge < -0.3 is 0 Å². The molecule has 0 bridgehead atoms. The monoisotopic (exact) mass is 157 g/mol. The van der Waals surface area contributed by atoms with Crippen molar-refractivity contribution in [1.29, 1.82) is 0 Å². The molecule has 5 heteroatoms. The van der Waals surface area contributed by atoms with Gasteiger partial charge in [0.2, 0.25) is 6.20 Å². The second-order valence-corrected chi connectivity index (χ2v) is 2.08. The van der Waals surface area contributed by atoms with Gasteiger partial charge in [0.15, 0.2) is 0 Å². The summed E-state index contributed by atoms with van der Waals surface area (Å²) in [7, 11) is 1.41. The molecule has 0 amide bonds. The molecule has 58 valence electrons. The van der Waals surface area contributed by atoms with Crippen molar-refractivity contribution in [3.8, 4) is 0 Å². The largest absolute Gasteiger partial charge is 0.359 e. The van der Waals surface area contributed by atoms with E-state index in [1.807, 2.05) is 0 Å². The number of aryl methyl sites for hydroxylation is 1. The minimum absolute atomic E-state index is 0.117. The van der Waals surface area contributed by atoms with Gasteiger partial charge in [0.25, 0.3) is 0 Å². The average Bonchev–Trinajstić information content (AvgIpc) is 1.94. The number of pyridine rings is 1. The zero-order valence-electron chi connectivity index (χ0n) is 5.82. The lowest BCUT2D eigenvalue weighted by Gasteiger charge is -1.88. The van der Waals surface area contributed by atoms with Gasteiger partial charge in [0.05, 0.1) is 4.92 Å². The molecule has 0 unspecified atom stereocenters. The molecule has 4 nitrogen and oxygen atoms in total. The smallest absolute Gasteiger partial charge is 0.258 e. The molecule has 0 fully saturated rings. The summed E-state index contributed by atoms with van der Waals surface area (Å²) < 4.78 is 13.6. The minimum Gasteiger partial charge on any atom is -0.258 e. The van der Waals surface area contributed by atoms with Crippen molar-refractivity contribution in [2.75, 3.05) is 0 Å². The van der Waals surface area contributed by atoms with Gasteiger partial charge in [-0.2, -0.15) is 4.57 Å². The molecule has 1 aromatic heterocycles. The van der Waals surface area contributed by atoms with E-state index >= 15 is 0 Å². The summed E-state index contributed by atoms with van der Waals surface area (Å²) in [6, 6.07) is 2.17. The first kappa shape index (κ1) is 7.59. The Morgan fingerprint density at radius 1 is 1.64 bits per heavy atom. The molecule has 0 atom stereocenters. The molecule has 1 aromatic rings. The third kappa shape index (κ3) is 1.49. The van der Waals surface area contributed by atoms with Crippen molar-refractivity contribution in [2.45, 2.75) is 0 Å². The van der Waals surface area contributed by atoms with Crippen molar-refractivity contribution in [3.63, 3.8) is 0 Å². The fraction of sp³-hybridized carbons (Fsp3) is 0.167. The molecule has 0 aliphatic carbocycles. The van der Waals surface area contributed by atoms with E-state index in [-0.39, 0.29) is 5.69 Å². The van der Waals surface area contributed by atoms with Crippen LogP contribution in [-0.4, -0.2) is 4.92 Å². The molecule has 1 heterocycles. The van der Waals surface area contributed by atoms with Crippen LogP contribution in [-0.2, 0) is 7.05 Å². The molecule has 0 radical (unpaired) electrons. The molecule has 0 spiro atoms. The van der Waals surface area contributed by atoms with Gasteiger partial charge in [-0.3, -0.25) is 10.1 Å². The second-order valence-electron chi connectivity index (χ2n) is 2.08. The van der Waals surface area contributed by atoms with Crippen LogP contribution in [0.15, 0.2) is 18.3 Å². The third-order valence-corrected chi connectivity index (χ3v) is 1.27. The normalized spacial score (nSPS) is 9.64. The van der Waals surface area contributed by atoms with Crippen LogP contribution in [0.1, 0.15) is 0 Å². The maximum Gasteiger partial charge on any atom is 0.359 e. The van der Waals surface area contributed by atoms with Gasteiger partial charge >= 0.3 is 11.6 Å². The highest BCUT2D eigenvalue weighted by Crippen LogP contribution is 2.05. The SMILES string of the molecule is C[n+]1cc([N+](=O)[O-])ccc1F. The predicted octanol–water partition coefficient (Wildman–Crippen LogP) is 0.558. The summed E-state index contributed by atoms with van der Waals surface area (Å²) in [5, 5.41) is 10.1. The average molecular weight is 157 g/mol. The predicted molar refractivity (Wildman–Crippen MR) is 34.2 cm³/mol. The van der Waals surface area contributed by atoms with Gasteiger partial charge in [-0.15, -0.1) is 4.39 Å². The molecule has 0 aliphatic heterocycles. The maximum atomic E-state index is 12.5. The van der Waals surface area contributed by atoms with Crippen molar-refractivity contribution >= 4 is 5.69 Å². The lowest BCUT2D eigenvalue weighted by molar-refractivity contribution is -0.702. The lowest BCUT2D eigenvalue weighted by Crippen LogP contribution is -2.32. The maximum absolute atomic E-state index is 12.5. The first-order valence-corrected chi connectivity index (χ1v) is 2.91. The number of nitrogens with zero attached hydrogens (tertiary/aromatic N) is 2. The van der Waals surface area contributed by atoms with Crippen LogP contribution in [0.3, 0.4) is 0 Å². The fourth-order valence-corrected chi connectivity index (χ4v) is 0.683. The van der Waals surface area contributed by atoms with Crippen LogP contribution in [0.2, 0.25) is 0 Å². The Morgan fingerprint density at radius 2 is 2.27 bits per heavy atom. The van der Waals surface area contributed by atoms with E-state index in [0.717, 1.165) is 22.9 Å². The molecule has 0 aromatic carbocycles. The van der Waals surface area contributed by atoms with Crippen LogP contribution < -0.4 is 4.57 Å². The molecule has 0 saturated carbocycles. The Morgan fingerprint density at radius 3 is 2.73 bits per heavy atom. The van der Waals surface area contributed by atoms with E-state index in [0.29, 0.717) is 0 Å². The standard InChI is InChI=1S/C6H6FN2O2/c1-8-4-5(9(10)11)2-3-6(8)7/h2-4H,1H3/q+1. The Kier molecular flexibility index (Phi) is 1.80. The van der Waals surface area contributed by atoms with Crippen LogP contribution in [0, 0.1) is 16.1 Å². The highest BCUT2D eigenvalue weighted by atomic mass is 19.1. The number of aromatic nitrogens is 1. The van der Waals surface area contributed by atoms with Crippen LogP contribution in [0.25, 0.3) is 0 Å². The van der Waals surface area contributed by atoms with Crippen LogP contribution in [0.4, 0.5) is 10.1 Å². The van der Waals surface area contributed by atoms with E-state index < -0.39 is 10.9 Å². The van der Waals surface area contributed by atoms with Crippen molar-refractivity contribution in [3.05, 3.63) is 34.4 Å². The van der Waals surface area contributed by atoms with Gasteiger partial charge in [0, 0.05) is 12.1 Å². The first-order chi connectivity index (χ1) is 5.11. The summed E-state index contributed by atoms with van der Waals surface area (Å²) >= 11 is 0. The van der Waals surface area contributed by atoms with Gasteiger partial charge in [-0.25, -0.2) is 0 Å². The summed E-state index contributed by atoms with van der Waals surface area (Å²) in [5.74, 6) is -0.504. The number of nitro groups is 1. The Balaban J connectivity index is 3.15. The second kappa shape index (κ2) is 2.61. The van der Waals surface area contributed by atoms with Crippen molar-refractivity contribution in [1.82, 2.24) is 0 Å². The van der Waals surface area contributed by atoms with Gasteiger partial charge in [-0.1, -0.05) is 0 Å². The van der Waals surface area contributed by atoms with E-state index in [2.05, 4.69) is 0 Å². The quantitative estimate of drug-likeness (QED) is 0.259. The van der Waals surface area contributed by atoms with Gasteiger partial charge in [0.1, 0.15) is 7.05 Å². The highest BCUT2D eigenvalue weighted by Gasteiger charge is 2.13. The summed E-state index contributed by atoms with van der Waals surface area (Å²) in [6.07, 6.45) is 1.12. The van der Waals surface area contributed by atoms with E-state index in [1.165, 1.54) is 7.05 Å². The molecular weight excluding hydrogens is 151 g/mol. The fourth-order valence-electron chi connectivity index (χ4n) is 0.683. The molecule has 11 heavy (non-hydrogen) atoms. The lowest BCUT2D eigenvalue weighted by atomic mass is 10.4. The number of halogens is 1. The van der Waals surface area contributed by atoms with E-state index in [1.54, 1.807) is 0 Å². The molecular formula is C6H6FN2O2+. The summed E-state index contributed by atoms with van der Waals surface area (Å²) in [5.41, 5.74) is -0.117.